The monoisotopic (exact) mass is 255 g/mol. The molecule has 6 nitrogen and oxygen atoms in total. The van der Waals surface area contributed by atoms with Crippen LogP contribution in [-0.4, -0.2) is 36.2 Å². The van der Waals surface area contributed by atoms with Crippen molar-refractivity contribution in [3.05, 3.63) is 0 Å². The molecule has 1 aliphatic heterocycles. The quantitative estimate of drug-likeness (QED) is 0.295. The van der Waals surface area contributed by atoms with Crippen LogP contribution in [0.15, 0.2) is 5.16 Å². The number of carbonyl (C=O) groups is 1. The van der Waals surface area contributed by atoms with Crippen molar-refractivity contribution in [3.8, 4) is 0 Å². The summed E-state index contributed by atoms with van der Waals surface area (Å²) in [7, 11) is 0. The fourth-order valence-electron chi connectivity index (χ4n) is 2.82. The first-order valence-corrected chi connectivity index (χ1v) is 6.58. The normalized spacial score (nSPS) is 30.3. The second-order valence-corrected chi connectivity index (χ2v) is 5.06. The molecule has 2 fully saturated rings. The van der Waals surface area contributed by atoms with E-state index < -0.39 is 0 Å². The molecule has 0 aromatic rings. The van der Waals surface area contributed by atoms with E-state index in [1.807, 2.05) is 0 Å². The standard InChI is InChI=1S/C12H21N3O3/c13-11(15-17)9-2-1-3-10(9)14-12(16)8-4-6-18-7-5-8/h8-10,17H,1-7H2,(H2,13,15)(H,14,16). The average Bonchev–Trinajstić information content (AvgIpc) is 2.87. The first-order valence-electron chi connectivity index (χ1n) is 6.58. The van der Waals surface area contributed by atoms with Crippen LogP contribution in [0.4, 0.5) is 0 Å². The summed E-state index contributed by atoms with van der Waals surface area (Å²) in [6.07, 6.45) is 4.34. The van der Waals surface area contributed by atoms with E-state index in [1.165, 1.54) is 0 Å². The summed E-state index contributed by atoms with van der Waals surface area (Å²) in [5.74, 6) is 0.330. The van der Waals surface area contributed by atoms with Gasteiger partial charge in [0.2, 0.25) is 5.91 Å². The van der Waals surface area contributed by atoms with Crippen molar-refractivity contribution >= 4 is 11.7 Å². The highest BCUT2D eigenvalue weighted by atomic mass is 16.5. The second-order valence-electron chi connectivity index (χ2n) is 5.06. The Hall–Kier alpha value is -1.30. The van der Waals surface area contributed by atoms with Crippen LogP contribution in [0.5, 0.6) is 0 Å². The lowest BCUT2D eigenvalue weighted by molar-refractivity contribution is -0.128. The van der Waals surface area contributed by atoms with Crippen LogP contribution >= 0.6 is 0 Å². The van der Waals surface area contributed by atoms with Crippen LogP contribution in [0, 0.1) is 11.8 Å². The third-order valence-electron chi connectivity index (χ3n) is 3.93. The van der Waals surface area contributed by atoms with Crippen molar-refractivity contribution in [1.29, 1.82) is 0 Å². The Morgan fingerprint density at radius 3 is 2.67 bits per heavy atom. The fourth-order valence-corrected chi connectivity index (χ4v) is 2.82. The van der Waals surface area contributed by atoms with Gasteiger partial charge in [0.25, 0.3) is 0 Å². The average molecular weight is 255 g/mol. The third-order valence-corrected chi connectivity index (χ3v) is 3.93. The van der Waals surface area contributed by atoms with Crippen molar-refractivity contribution in [1.82, 2.24) is 5.32 Å². The summed E-state index contributed by atoms with van der Waals surface area (Å²) in [4.78, 5) is 12.1. The van der Waals surface area contributed by atoms with Crippen molar-refractivity contribution in [2.75, 3.05) is 13.2 Å². The van der Waals surface area contributed by atoms with Gasteiger partial charge in [0.05, 0.1) is 0 Å². The van der Waals surface area contributed by atoms with Gasteiger partial charge >= 0.3 is 0 Å². The van der Waals surface area contributed by atoms with E-state index in [2.05, 4.69) is 10.5 Å². The molecule has 0 radical (unpaired) electrons. The van der Waals surface area contributed by atoms with Crippen LogP contribution in [0.3, 0.4) is 0 Å². The first-order chi connectivity index (χ1) is 8.72. The Morgan fingerprint density at radius 2 is 2.00 bits per heavy atom. The molecule has 2 aliphatic rings. The predicted octanol–water partition coefficient (Wildman–Crippen LogP) is 0.444. The summed E-state index contributed by atoms with van der Waals surface area (Å²) in [6.45, 7) is 1.32. The van der Waals surface area contributed by atoms with Gasteiger partial charge < -0.3 is 21.0 Å². The number of nitrogens with two attached hydrogens (primary N) is 1. The summed E-state index contributed by atoms with van der Waals surface area (Å²) >= 11 is 0. The molecule has 1 amide bonds. The fraction of sp³-hybridized carbons (Fsp3) is 0.833. The van der Waals surface area contributed by atoms with Crippen LogP contribution in [-0.2, 0) is 9.53 Å². The number of oxime groups is 1. The molecule has 1 saturated carbocycles. The van der Waals surface area contributed by atoms with Crippen LogP contribution in [0.25, 0.3) is 0 Å². The van der Waals surface area contributed by atoms with E-state index in [-0.39, 0.29) is 29.6 Å². The van der Waals surface area contributed by atoms with Crippen LogP contribution < -0.4 is 11.1 Å². The van der Waals surface area contributed by atoms with Crippen molar-refractivity contribution < 1.29 is 14.7 Å². The highest BCUT2D eigenvalue weighted by Gasteiger charge is 2.33. The Labute approximate surface area is 107 Å². The van der Waals surface area contributed by atoms with Crippen LogP contribution in [0.2, 0.25) is 0 Å². The molecule has 0 aromatic heterocycles. The maximum absolute atomic E-state index is 12.1. The molecular weight excluding hydrogens is 234 g/mol. The maximum Gasteiger partial charge on any atom is 0.223 e. The summed E-state index contributed by atoms with van der Waals surface area (Å²) < 4.78 is 5.24. The van der Waals surface area contributed by atoms with E-state index in [4.69, 9.17) is 15.7 Å². The maximum atomic E-state index is 12.1. The summed E-state index contributed by atoms with van der Waals surface area (Å²) in [5.41, 5.74) is 5.65. The number of carbonyl (C=O) groups excluding carboxylic acids is 1. The van der Waals surface area contributed by atoms with Crippen molar-refractivity contribution in [2.45, 2.75) is 38.1 Å². The third kappa shape index (κ3) is 2.93. The molecule has 18 heavy (non-hydrogen) atoms. The van der Waals surface area contributed by atoms with E-state index in [9.17, 15) is 4.79 Å². The highest BCUT2D eigenvalue weighted by Crippen LogP contribution is 2.26. The minimum atomic E-state index is -0.0289. The number of nitrogens with zero attached hydrogens (tertiary/aromatic N) is 1. The number of rotatable bonds is 3. The van der Waals surface area contributed by atoms with E-state index >= 15 is 0 Å². The molecule has 102 valence electrons. The Kier molecular flexibility index (Phi) is 4.41. The van der Waals surface area contributed by atoms with Gasteiger partial charge in [-0.05, 0) is 25.7 Å². The smallest absolute Gasteiger partial charge is 0.223 e. The van der Waals surface area contributed by atoms with E-state index in [1.54, 1.807) is 0 Å². The minimum Gasteiger partial charge on any atom is -0.409 e. The molecule has 1 saturated heterocycles. The number of ether oxygens (including phenoxy) is 1. The molecule has 2 atom stereocenters. The largest absolute Gasteiger partial charge is 0.409 e. The van der Waals surface area contributed by atoms with Gasteiger partial charge in [-0.15, -0.1) is 0 Å². The molecule has 0 bridgehead atoms. The first kappa shape index (κ1) is 13.1. The number of amides is 1. The molecular formula is C12H21N3O3. The summed E-state index contributed by atoms with van der Waals surface area (Å²) in [6, 6.07) is 0.0104. The number of hydrogen-bond acceptors (Lipinski definition) is 4. The van der Waals surface area contributed by atoms with Gasteiger partial charge in [-0.25, -0.2) is 0 Å². The van der Waals surface area contributed by atoms with Crippen LogP contribution in [0.1, 0.15) is 32.1 Å². The second kappa shape index (κ2) is 6.04. The minimum absolute atomic E-state index is 0.0104. The Balaban J connectivity index is 1.89. The molecule has 1 heterocycles. The van der Waals surface area contributed by atoms with Gasteiger partial charge in [-0.3, -0.25) is 4.79 Å². The summed E-state index contributed by atoms with van der Waals surface area (Å²) in [5, 5.41) is 14.8. The van der Waals surface area contributed by atoms with E-state index in [0.29, 0.717) is 13.2 Å². The molecule has 0 spiro atoms. The lowest BCUT2D eigenvalue weighted by atomic mass is 9.97. The van der Waals surface area contributed by atoms with Gasteiger partial charge in [0.15, 0.2) is 0 Å². The molecule has 1 aliphatic carbocycles. The zero-order valence-electron chi connectivity index (χ0n) is 10.5. The Bertz CT molecular complexity index is 327. The highest BCUT2D eigenvalue weighted by molar-refractivity contribution is 5.85. The SMILES string of the molecule is NC(=NO)C1CCCC1NC(=O)C1CCOCC1. The molecule has 6 heteroatoms. The van der Waals surface area contributed by atoms with Gasteiger partial charge in [-0.1, -0.05) is 11.6 Å². The number of nitrogens with one attached hydrogen (secondary N) is 1. The Morgan fingerprint density at radius 1 is 1.28 bits per heavy atom. The number of amidine groups is 1. The predicted molar refractivity (Wildman–Crippen MR) is 66.2 cm³/mol. The van der Waals surface area contributed by atoms with Gasteiger partial charge in [0.1, 0.15) is 5.84 Å². The molecule has 0 aromatic carbocycles. The zero-order chi connectivity index (χ0) is 13.0. The lowest BCUT2D eigenvalue weighted by Crippen LogP contribution is -2.45. The zero-order valence-corrected chi connectivity index (χ0v) is 10.5. The number of hydrogen-bond donors (Lipinski definition) is 3. The molecule has 2 rings (SSSR count). The van der Waals surface area contributed by atoms with E-state index in [0.717, 1.165) is 32.1 Å². The lowest BCUT2D eigenvalue weighted by Gasteiger charge is -2.25. The van der Waals surface area contributed by atoms with Crippen molar-refractivity contribution in [3.63, 3.8) is 0 Å². The molecule has 4 N–H and O–H groups in total. The topological polar surface area (TPSA) is 96.9 Å². The van der Waals surface area contributed by atoms with Gasteiger partial charge in [-0.2, -0.15) is 0 Å². The van der Waals surface area contributed by atoms with Crippen molar-refractivity contribution in [2.24, 2.45) is 22.7 Å². The molecule has 2 unspecified atom stereocenters. The van der Waals surface area contributed by atoms with Gasteiger partial charge in [0, 0.05) is 31.1 Å².